The Bertz CT molecular complexity index is 1030. The van der Waals surface area contributed by atoms with E-state index in [1.165, 1.54) is 0 Å². The molecule has 0 aliphatic heterocycles. The summed E-state index contributed by atoms with van der Waals surface area (Å²) in [5, 5.41) is 9.17. The van der Waals surface area contributed by atoms with Gasteiger partial charge in [-0.1, -0.05) is 26.0 Å². The van der Waals surface area contributed by atoms with Gasteiger partial charge < -0.3 is 0 Å². The summed E-state index contributed by atoms with van der Waals surface area (Å²) in [5.74, 6) is 1.62. The lowest BCUT2D eigenvalue weighted by atomic mass is 9.84. The Hall–Kier alpha value is -3.28. The number of hydrogen-bond donors (Lipinski definition) is 0. The first kappa shape index (κ1) is 19.1. The molecule has 4 aromatic rings. The van der Waals surface area contributed by atoms with Gasteiger partial charge in [0.1, 0.15) is 0 Å². The van der Waals surface area contributed by atoms with Crippen molar-refractivity contribution in [3.63, 3.8) is 0 Å². The van der Waals surface area contributed by atoms with Crippen molar-refractivity contribution in [2.75, 3.05) is 0 Å². The van der Waals surface area contributed by atoms with Crippen LogP contribution in [0.5, 0.6) is 0 Å². The molecule has 0 aliphatic carbocycles. The largest absolute Gasteiger partial charge is 0.233 e. The SMILES string of the molecule is CCc1ccn(-c2cccc(C(C)(C)c3cccc(-n4ccc(CC)n4)n3)n2)n1. The molecule has 0 unspecified atom stereocenters. The molecule has 0 saturated carbocycles. The van der Waals surface area contributed by atoms with Crippen molar-refractivity contribution in [2.45, 2.75) is 46.0 Å². The molecule has 148 valence electrons. The summed E-state index contributed by atoms with van der Waals surface area (Å²) >= 11 is 0. The summed E-state index contributed by atoms with van der Waals surface area (Å²) in [5.41, 5.74) is 3.63. The lowest BCUT2D eigenvalue weighted by molar-refractivity contribution is 0.588. The zero-order valence-electron chi connectivity index (χ0n) is 17.4. The van der Waals surface area contributed by atoms with Gasteiger partial charge in [0, 0.05) is 17.8 Å². The Labute approximate surface area is 171 Å². The maximum absolute atomic E-state index is 4.90. The summed E-state index contributed by atoms with van der Waals surface area (Å²) in [6, 6.07) is 16.2. The predicted molar refractivity (Wildman–Crippen MR) is 114 cm³/mol. The molecule has 0 N–H and O–H groups in total. The standard InChI is InChI=1S/C23H26N6/c1-5-17-13-15-28(26-17)21-11-7-9-19(24-21)23(3,4)20-10-8-12-22(25-20)29-16-14-18(6-2)27-29/h7-16H,5-6H2,1-4H3. The van der Waals surface area contributed by atoms with E-state index >= 15 is 0 Å². The number of rotatable bonds is 6. The number of aromatic nitrogens is 6. The maximum atomic E-state index is 4.90. The number of pyridine rings is 2. The smallest absolute Gasteiger partial charge is 0.153 e. The normalized spacial score (nSPS) is 11.7. The first-order chi connectivity index (χ1) is 14.0. The highest BCUT2D eigenvalue weighted by Gasteiger charge is 2.27. The van der Waals surface area contributed by atoms with E-state index in [-0.39, 0.29) is 5.41 Å². The highest BCUT2D eigenvalue weighted by molar-refractivity contribution is 5.36. The van der Waals surface area contributed by atoms with Crippen LogP contribution in [-0.2, 0) is 18.3 Å². The van der Waals surface area contributed by atoms with E-state index in [1.54, 1.807) is 0 Å². The van der Waals surface area contributed by atoms with Crippen LogP contribution < -0.4 is 0 Å². The Morgan fingerprint density at radius 1 is 0.690 bits per heavy atom. The lowest BCUT2D eigenvalue weighted by Gasteiger charge is -2.24. The van der Waals surface area contributed by atoms with Crippen molar-refractivity contribution in [2.24, 2.45) is 0 Å². The van der Waals surface area contributed by atoms with E-state index in [0.717, 1.165) is 47.3 Å². The fourth-order valence-electron chi connectivity index (χ4n) is 3.28. The third kappa shape index (κ3) is 3.70. The molecule has 0 radical (unpaired) electrons. The lowest BCUT2D eigenvalue weighted by Crippen LogP contribution is -2.23. The Balaban J connectivity index is 1.69. The molecule has 6 nitrogen and oxygen atoms in total. The second-order valence-corrected chi connectivity index (χ2v) is 7.60. The van der Waals surface area contributed by atoms with E-state index in [1.807, 2.05) is 70.3 Å². The van der Waals surface area contributed by atoms with Crippen molar-refractivity contribution in [1.82, 2.24) is 29.5 Å². The molecule has 6 heteroatoms. The van der Waals surface area contributed by atoms with Crippen molar-refractivity contribution in [3.05, 3.63) is 83.7 Å². The van der Waals surface area contributed by atoms with Crippen LogP contribution in [0.15, 0.2) is 60.9 Å². The van der Waals surface area contributed by atoms with Crippen molar-refractivity contribution in [3.8, 4) is 11.6 Å². The van der Waals surface area contributed by atoms with Crippen LogP contribution >= 0.6 is 0 Å². The predicted octanol–water partition coefficient (Wildman–Crippen LogP) is 4.30. The summed E-state index contributed by atoms with van der Waals surface area (Å²) < 4.78 is 3.66. The Morgan fingerprint density at radius 2 is 1.14 bits per heavy atom. The van der Waals surface area contributed by atoms with Crippen LogP contribution in [0.25, 0.3) is 11.6 Å². The third-order valence-electron chi connectivity index (χ3n) is 5.23. The highest BCUT2D eigenvalue weighted by atomic mass is 15.3. The van der Waals surface area contributed by atoms with E-state index < -0.39 is 0 Å². The van der Waals surface area contributed by atoms with E-state index in [9.17, 15) is 0 Å². The monoisotopic (exact) mass is 386 g/mol. The van der Waals surface area contributed by atoms with Gasteiger partial charge in [0.15, 0.2) is 11.6 Å². The molecule has 29 heavy (non-hydrogen) atoms. The molecule has 0 aliphatic rings. The quantitative estimate of drug-likeness (QED) is 0.496. The molecular formula is C23H26N6. The molecule has 0 amide bonds. The van der Waals surface area contributed by atoms with Crippen LogP contribution in [0.3, 0.4) is 0 Å². The highest BCUT2D eigenvalue weighted by Crippen LogP contribution is 2.29. The van der Waals surface area contributed by atoms with Crippen LogP contribution in [-0.4, -0.2) is 29.5 Å². The fourth-order valence-corrected chi connectivity index (χ4v) is 3.28. The summed E-state index contributed by atoms with van der Waals surface area (Å²) in [7, 11) is 0. The van der Waals surface area contributed by atoms with Crippen LogP contribution in [0.2, 0.25) is 0 Å². The minimum atomic E-state index is -0.368. The molecule has 4 aromatic heterocycles. The maximum Gasteiger partial charge on any atom is 0.153 e. The second-order valence-electron chi connectivity index (χ2n) is 7.60. The zero-order chi connectivity index (χ0) is 20.4. The van der Waals surface area contributed by atoms with Crippen LogP contribution in [0.1, 0.15) is 50.5 Å². The van der Waals surface area contributed by atoms with Crippen LogP contribution in [0, 0.1) is 0 Å². The molecule has 4 heterocycles. The molecule has 0 aromatic carbocycles. The topological polar surface area (TPSA) is 61.4 Å². The number of aryl methyl sites for hydroxylation is 2. The summed E-state index contributed by atoms with van der Waals surface area (Å²) in [6.07, 6.45) is 5.73. The van der Waals surface area contributed by atoms with Gasteiger partial charge in [-0.3, -0.25) is 0 Å². The first-order valence-corrected chi connectivity index (χ1v) is 10.1. The Kier molecular flexibility index (Phi) is 5.01. The summed E-state index contributed by atoms with van der Waals surface area (Å²) in [4.78, 5) is 9.79. The first-order valence-electron chi connectivity index (χ1n) is 10.1. The average molecular weight is 387 g/mol. The fraction of sp³-hybridized carbons (Fsp3) is 0.304. The van der Waals surface area contributed by atoms with Crippen molar-refractivity contribution < 1.29 is 0 Å². The average Bonchev–Trinajstić information content (AvgIpc) is 3.43. The number of hydrogen-bond acceptors (Lipinski definition) is 4. The molecule has 4 rings (SSSR count). The van der Waals surface area contributed by atoms with E-state index in [0.29, 0.717) is 0 Å². The Morgan fingerprint density at radius 3 is 1.52 bits per heavy atom. The molecule has 0 spiro atoms. The number of nitrogens with zero attached hydrogens (tertiary/aromatic N) is 6. The molecule has 0 saturated heterocycles. The van der Waals surface area contributed by atoms with Gasteiger partial charge in [-0.15, -0.1) is 0 Å². The van der Waals surface area contributed by atoms with E-state index in [4.69, 9.17) is 9.97 Å². The van der Waals surface area contributed by atoms with Crippen LogP contribution in [0.4, 0.5) is 0 Å². The van der Waals surface area contributed by atoms with Gasteiger partial charge >= 0.3 is 0 Å². The molecule has 0 atom stereocenters. The zero-order valence-corrected chi connectivity index (χ0v) is 17.4. The minimum Gasteiger partial charge on any atom is -0.233 e. The third-order valence-corrected chi connectivity index (χ3v) is 5.23. The van der Waals surface area contributed by atoms with Gasteiger partial charge in [0.25, 0.3) is 0 Å². The molecular weight excluding hydrogens is 360 g/mol. The molecule has 0 bridgehead atoms. The van der Waals surface area contributed by atoms with Crippen molar-refractivity contribution >= 4 is 0 Å². The van der Waals surface area contributed by atoms with Gasteiger partial charge in [-0.2, -0.15) is 10.2 Å². The molecule has 0 fully saturated rings. The minimum absolute atomic E-state index is 0.368. The van der Waals surface area contributed by atoms with Gasteiger partial charge in [-0.25, -0.2) is 19.3 Å². The second kappa shape index (κ2) is 7.62. The van der Waals surface area contributed by atoms with Crippen molar-refractivity contribution in [1.29, 1.82) is 0 Å². The van der Waals surface area contributed by atoms with Gasteiger partial charge in [-0.05, 0) is 63.1 Å². The van der Waals surface area contributed by atoms with Gasteiger partial charge in [0.2, 0.25) is 0 Å². The van der Waals surface area contributed by atoms with E-state index in [2.05, 4.69) is 37.9 Å². The summed E-state index contributed by atoms with van der Waals surface area (Å²) in [6.45, 7) is 8.49. The van der Waals surface area contributed by atoms with Gasteiger partial charge in [0.05, 0.1) is 22.8 Å².